The van der Waals surface area contributed by atoms with Gasteiger partial charge in [-0.2, -0.15) is 0 Å². The van der Waals surface area contributed by atoms with Gasteiger partial charge in [0.1, 0.15) is 0 Å². The van der Waals surface area contributed by atoms with Gasteiger partial charge in [-0.3, -0.25) is 9.69 Å². The topological polar surface area (TPSA) is 52.6 Å². The normalized spacial score (nSPS) is 27.6. The van der Waals surface area contributed by atoms with Gasteiger partial charge in [-0.15, -0.1) is 0 Å². The average molecular weight is 419 g/mol. The molecule has 4 heteroatoms. The maximum atomic E-state index is 13.3. The zero-order valence-corrected chi connectivity index (χ0v) is 18.5. The average Bonchev–Trinajstić information content (AvgIpc) is 3.17. The van der Waals surface area contributed by atoms with Crippen LogP contribution in [0, 0.1) is 30.6 Å². The lowest BCUT2D eigenvalue weighted by Crippen LogP contribution is -2.49. The van der Waals surface area contributed by atoms with E-state index < -0.39 is 5.60 Å². The summed E-state index contributed by atoms with van der Waals surface area (Å²) in [6.07, 6.45) is 4.02. The number of hydrogen-bond donors (Lipinski definition) is 2. The predicted octanol–water partition coefficient (Wildman–Crippen LogP) is 3.87. The number of fused-ring (bicyclic) bond motifs is 1. The van der Waals surface area contributed by atoms with Crippen LogP contribution in [0.5, 0.6) is 0 Å². The second-order valence-corrected chi connectivity index (χ2v) is 10.00. The summed E-state index contributed by atoms with van der Waals surface area (Å²) in [6, 6.07) is 18.5. The molecule has 1 amide bonds. The van der Waals surface area contributed by atoms with Gasteiger partial charge in [-0.25, -0.2) is 0 Å². The summed E-state index contributed by atoms with van der Waals surface area (Å²) in [4.78, 5) is 15.9. The van der Waals surface area contributed by atoms with E-state index in [1.807, 2.05) is 31.2 Å². The molecule has 2 saturated carbocycles. The maximum Gasteiger partial charge on any atom is 0.256 e. The van der Waals surface area contributed by atoms with Gasteiger partial charge in [0.05, 0.1) is 0 Å². The second-order valence-electron chi connectivity index (χ2n) is 10.00. The van der Waals surface area contributed by atoms with Crippen LogP contribution < -0.4 is 5.32 Å². The number of likely N-dealkylation sites (tertiary alicyclic amines) is 1. The number of nitrogens with zero attached hydrogens (tertiary/aromatic N) is 1. The van der Waals surface area contributed by atoms with Crippen molar-refractivity contribution in [2.45, 2.75) is 44.8 Å². The van der Waals surface area contributed by atoms with E-state index in [4.69, 9.17) is 0 Å². The Morgan fingerprint density at radius 1 is 1.06 bits per heavy atom. The minimum Gasteiger partial charge on any atom is -0.375 e. The van der Waals surface area contributed by atoms with E-state index in [0.29, 0.717) is 24.3 Å². The van der Waals surface area contributed by atoms with Crippen molar-refractivity contribution in [2.24, 2.45) is 23.7 Å². The highest BCUT2D eigenvalue weighted by Crippen LogP contribution is 2.51. The molecule has 1 aliphatic heterocycles. The van der Waals surface area contributed by atoms with Crippen molar-refractivity contribution in [1.29, 1.82) is 0 Å². The standard InChI is InChI=1S/C27H34N2O2/c1-19-8-7-13-22(14-19)27(31,21-11-5-6-12-21)26(30)28-15-23-24-17-29(18-25(23)24)16-20-9-3-2-4-10-20/h2-4,7-10,13-14,21,23-25,31H,5-6,11-12,15-18H2,1H3,(H,28,30)/t23-,24-,25?,27+/m1/s1. The maximum absolute atomic E-state index is 13.3. The van der Waals surface area contributed by atoms with E-state index in [0.717, 1.165) is 56.4 Å². The summed E-state index contributed by atoms with van der Waals surface area (Å²) < 4.78 is 0. The number of aliphatic hydroxyl groups is 1. The van der Waals surface area contributed by atoms with E-state index in [-0.39, 0.29) is 11.8 Å². The molecule has 2 aromatic carbocycles. The zero-order valence-electron chi connectivity index (χ0n) is 18.5. The molecule has 2 N–H and O–H groups in total. The Labute approximate surface area is 185 Å². The van der Waals surface area contributed by atoms with Crippen LogP contribution in [0.1, 0.15) is 42.4 Å². The molecule has 1 unspecified atom stereocenters. The quantitative estimate of drug-likeness (QED) is 0.718. The Balaban J connectivity index is 1.19. The van der Waals surface area contributed by atoms with Crippen LogP contribution in [0.3, 0.4) is 0 Å². The highest BCUT2D eigenvalue weighted by molar-refractivity contribution is 5.86. The molecular formula is C27H34N2O2. The van der Waals surface area contributed by atoms with Crippen LogP contribution >= 0.6 is 0 Å². The third-order valence-electron chi connectivity index (χ3n) is 7.94. The van der Waals surface area contributed by atoms with Gasteiger partial charge in [0.25, 0.3) is 5.91 Å². The lowest BCUT2D eigenvalue weighted by atomic mass is 9.79. The number of nitrogens with one attached hydrogen (secondary N) is 1. The molecule has 1 heterocycles. The Morgan fingerprint density at radius 2 is 1.77 bits per heavy atom. The SMILES string of the molecule is Cc1cccc([C@](O)(C(=O)NC[C@H]2C3CN(Cc4ccccc4)C[C@@H]32)C2CCCC2)c1. The van der Waals surface area contributed by atoms with Crippen molar-refractivity contribution in [3.8, 4) is 0 Å². The predicted molar refractivity (Wildman–Crippen MR) is 122 cm³/mol. The van der Waals surface area contributed by atoms with Crippen LogP contribution in [-0.2, 0) is 16.9 Å². The van der Waals surface area contributed by atoms with Crippen LogP contribution in [0.25, 0.3) is 0 Å². The van der Waals surface area contributed by atoms with E-state index >= 15 is 0 Å². The smallest absolute Gasteiger partial charge is 0.256 e. The molecule has 5 rings (SSSR count). The first-order valence-electron chi connectivity index (χ1n) is 11.9. The lowest BCUT2D eigenvalue weighted by Gasteiger charge is -2.33. The highest BCUT2D eigenvalue weighted by Gasteiger charge is 2.55. The molecule has 1 saturated heterocycles. The fourth-order valence-electron chi connectivity index (χ4n) is 6.13. The zero-order chi connectivity index (χ0) is 21.4. The summed E-state index contributed by atoms with van der Waals surface area (Å²) in [6.45, 7) is 5.95. The van der Waals surface area contributed by atoms with Gasteiger partial charge < -0.3 is 10.4 Å². The van der Waals surface area contributed by atoms with E-state index in [2.05, 4.69) is 40.5 Å². The Bertz CT molecular complexity index is 912. The first-order chi connectivity index (χ1) is 15.1. The Kier molecular flexibility index (Phi) is 5.61. The summed E-state index contributed by atoms with van der Waals surface area (Å²) in [5.41, 5.74) is 1.79. The fraction of sp³-hybridized carbons (Fsp3) is 0.519. The molecule has 0 bridgehead atoms. The van der Waals surface area contributed by atoms with Crippen LogP contribution in [0.4, 0.5) is 0 Å². The second kappa shape index (κ2) is 8.40. The van der Waals surface area contributed by atoms with Crippen LogP contribution in [-0.4, -0.2) is 35.5 Å². The minimum atomic E-state index is -1.41. The van der Waals surface area contributed by atoms with E-state index in [1.54, 1.807) is 0 Å². The van der Waals surface area contributed by atoms with E-state index in [1.165, 1.54) is 5.56 Å². The number of benzene rings is 2. The van der Waals surface area contributed by atoms with Crippen molar-refractivity contribution < 1.29 is 9.90 Å². The van der Waals surface area contributed by atoms with Crippen LogP contribution in [0.15, 0.2) is 54.6 Å². The van der Waals surface area contributed by atoms with Crippen molar-refractivity contribution in [1.82, 2.24) is 10.2 Å². The number of amides is 1. The van der Waals surface area contributed by atoms with E-state index in [9.17, 15) is 9.90 Å². The summed E-state index contributed by atoms with van der Waals surface area (Å²) in [5.74, 6) is 1.73. The number of aryl methyl sites for hydroxylation is 1. The number of hydrogen-bond acceptors (Lipinski definition) is 3. The Hall–Kier alpha value is -2.17. The summed E-state index contributed by atoms with van der Waals surface area (Å²) in [7, 11) is 0. The van der Waals surface area contributed by atoms with Crippen molar-refractivity contribution in [2.75, 3.05) is 19.6 Å². The molecule has 164 valence electrons. The molecule has 0 aromatic heterocycles. The molecule has 0 spiro atoms. The number of rotatable bonds is 7. The van der Waals surface area contributed by atoms with Gasteiger partial charge in [0.15, 0.2) is 5.60 Å². The molecular weight excluding hydrogens is 384 g/mol. The monoisotopic (exact) mass is 418 g/mol. The molecule has 0 radical (unpaired) electrons. The molecule has 4 nitrogen and oxygen atoms in total. The molecule has 4 atom stereocenters. The largest absolute Gasteiger partial charge is 0.375 e. The molecule has 2 aliphatic carbocycles. The number of carbonyl (C=O) groups excluding carboxylic acids is 1. The third-order valence-corrected chi connectivity index (χ3v) is 7.94. The number of carbonyl (C=O) groups is 1. The lowest BCUT2D eigenvalue weighted by molar-refractivity contribution is -0.147. The summed E-state index contributed by atoms with van der Waals surface area (Å²) in [5, 5.41) is 14.9. The molecule has 2 aromatic rings. The van der Waals surface area contributed by atoms with Crippen molar-refractivity contribution in [3.05, 3.63) is 71.3 Å². The van der Waals surface area contributed by atoms with Crippen molar-refractivity contribution in [3.63, 3.8) is 0 Å². The van der Waals surface area contributed by atoms with Crippen molar-refractivity contribution >= 4 is 5.91 Å². The first kappa shape index (κ1) is 20.7. The van der Waals surface area contributed by atoms with Gasteiger partial charge in [-0.1, -0.05) is 73.0 Å². The molecule has 3 aliphatic rings. The fourth-order valence-corrected chi connectivity index (χ4v) is 6.13. The van der Waals surface area contributed by atoms with Gasteiger partial charge in [0.2, 0.25) is 0 Å². The first-order valence-corrected chi connectivity index (χ1v) is 11.9. The number of piperidine rings is 1. The third kappa shape index (κ3) is 4.04. The van der Waals surface area contributed by atoms with Gasteiger partial charge in [0, 0.05) is 32.1 Å². The Morgan fingerprint density at radius 3 is 2.45 bits per heavy atom. The molecule has 31 heavy (non-hydrogen) atoms. The summed E-state index contributed by atoms with van der Waals surface area (Å²) >= 11 is 0. The highest BCUT2D eigenvalue weighted by atomic mass is 16.3. The minimum absolute atomic E-state index is 0.00867. The van der Waals surface area contributed by atoms with Crippen LogP contribution in [0.2, 0.25) is 0 Å². The van der Waals surface area contributed by atoms with Gasteiger partial charge >= 0.3 is 0 Å². The molecule has 3 fully saturated rings. The van der Waals surface area contributed by atoms with Gasteiger partial charge in [-0.05, 0) is 48.6 Å².